The average Bonchev–Trinajstić information content (AvgIpc) is 3.30. The van der Waals surface area contributed by atoms with Crippen LogP contribution in [0.5, 0.6) is 0 Å². The molecule has 0 radical (unpaired) electrons. The Hall–Kier alpha value is -5.59. The Labute approximate surface area is 403 Å². The second-order valence-electron chi connectivity index (χ2n) is 19.6. The fourth-order valence-corrected chi connectivity index (χ4v) is 8.56. The van der Waals surface area contributed by atoms with Gasteiger partial charge in [-0.15, -0.1) is 0 Å². The summed E-state index contributed by atoms with van der Waals surface area (Å²) in [6.45, 7) is 10.8. The Morgan fingerprint density at radius 2 is 1.18 bits per heavy atom. The van der Waals surface area contributed by atoms with Crippen molar-refractivity contribution < 1.29 is 48.3 Å². The molecule has 3 N–H and O–H groups in total. The number of benzene rings is 1. The van der Waals surface area contributed by atoms with Gasteiger partial charge in [-0.3, -0.25) is 43.2 Å². The first kappa shape index (κ1) is 56.7. The monoisotopic (exact) mass is 954 g/mol. The first-order valence-corrected chi connectivity index (χ1v) is 24.0. The minimum atomic E-state index is -1.53. The van der Waals surface area contributed by atoms with Crippen molar-refractivity contribution >= 4 is 53.2 Å². The number of carbonyl (C=O) groups is 9. The van der Waals surface area contributed by atoms with E-state index in [9.17, 15) is 48.3 Å². The van der Waals surface area contributed by atoms with E-state index in [1.165, 1.54) is 73.6 Å². The SMILES string of the molecule is CC(C)C[C@H]1C(=O)N(C)[C@@H](Cc2ccccc2)C(=O)N[C@H](C(=O)N2CCCCC2)CC(=O)N(C)CCCC(=O)N(C)[C@@H](C)C(=O)N(C)[C@@H](CC(C)C)C(=O)N[C@@H]([C@@H](C)O)C(=O)N(C)CC(=O)N1C. The van der Waals surface area contributed by atoms with Crippen LogP contribution in [0.15, 0.2) is 30.3 Å². The van der Waals surface area contributed by atoms with Crippen LogP contribution in [0, 0.1) is 11.8 Å². The van der Waals surface area contributed by atoms with Crippen LogP contribution >= 0.6 is 0 Å². The number of rotatable bonds is 8. The zero-order chi connectivity index (χ0) is 51.2. The third-order valence-electron chi connectivity index (χ3n) is 13.1. The number of aliphatic hydroxyl groups is 1. The summed E-state index contributed by atoms with van der Waals surface area (Å²) < 4.78 is 0. The van der Waals surface area contributed by atoms with Crippen molar-refractivity contribution in [2.45, 2.75) is 142 Å². The normalized spacial score (nSPS) is 25.5. The zero-order valence-electron chi connectivity index (χ0n) is 42.5. The summed E-state index contributed by atoms with van der Waals surface area (Å²) in [5, 5.41) is 16.3. The number of nitrogens with one attached hydrogen (secondary N) is 2. The number of likely N-dealkylation sites (tertiary alicyclic amines) is 1. The molecule has 2 heterocycles. The van der Waals surface area contributed by atoms with Crippen LogP contribution in [0.1, 0.15) is 98.5 Å². The molecular weight excluding hydrogens is 875 g/mol. The van der Waals surface area contributed by atoms with Crippen molar-refractivity contribution in [1.82, 2.24) is 44.9 Å². The van der Waals surface area contributed by atoms with Gasteiger partial charge in [0.1, 0.15) is 36.3 Å². The highest BCUT2D eigenvalue weighted by Gasteiger charge is 2.40. The summed E-state index contributed by atoms with van der Waals surface area (Å²) >= 11 is 0. The molecule has 7 atom stereocenters. The number of hydrogen-bond donors (Lipinski definition) is 3. The molecule has 0 bridgehead atoms. The van der Waals surface area contributed by atoms with Gasteiger partial charge in [0, 0.05) is 74.8 Å². The fourth-order valence-electron chi connectivity index (χ4n) is 8.56. The van der Waals surface area contributed by atoms with E-state index in [2.05, 4.69) is 10.6 Å². The molecule has 0 spiro atoms. The standard InChI is InChI=1S/C49H79N9O10/c1-31(2)26-37-45(64)51-43(34(6)59)49(68)53(8)30-42(62)55(10)39(27-32(3)4)48(67)57(12)38(28-35-20-15-13-16-21-35)44(63)50-36(47(66)58-24-17-14-18-25-58)29-41(61)52(7)23-19-22-40(60)54(9)33(5)46(65)56(37)11/h13,15-16,20-21,31-34,36-39,43,59H,14,17-19,22-30H2,1-12H3,(H,50,63)(H,51,64)/t33-,34+,36-,37-,38-,39-,43-/m0/s1. The number of hydrogen-bond acceptors (Lipinski definition) is 10. The Kier molecular flexibility index (Phi) is 21.9. The van der Waals surface area contributed by atoms with Crippen molar-refractivity contribution in [2.24, 2.45) is 11.8 Å². The summed E-state index contributed by atoms with van der Waals surface area (Å²) in [7, 11) is 8.67. The topological polar surface area (TPSA) is 221 Å². The van der Waals surface area contributed by atoms with Gasteiger partial charge in [-0.1, -0.05) is 58.0 Å². The highest BCUT2D eigenvalue weighted by atomic mass is 16.3. The van der Waals surface area contributed by atoms with E-state index in [0.717, 1.165) is 24.2 Å². The van der Waals surface area contributed by atoms with Crippen LogP contribution in [-0.4, -0.2) is 203 Å². The molecule has 1 aromatic carbocycles. The Bertz CT molecular complexity index is 1920. The lowest BCUT2D eigenvalue weighted by Crippen LogP contribution is -2.60. The molecule has 68 heavy (non-hydrogen) atoms. The first-order valence-electron chi connectivity index (χ1n) is 24.0. The highest BCUT2D eigenvalue weighted by Crippen LogP contribution is 2.20. The van der Waals surface area contributed by atoms with Crippen molar-refractivity contribution in [3.63, 3.8) is 0 Å². The van der Waals surface area contributed by atoms with Gasteiger partial charge in [0.2, 0.25) is 53.2 Å². The predicted octanol–water partition coefficient (Wildman–Crippen LogP) is 1.11. The maximum atomic E-state index is 14.8. The van der Waals surface area contributed by atoms with Crippen molar-refractivity contribution in [3.05, 3.63) is 35.9 Å². The molecule has 2 aliphatic heterocycles. The number of amides is 9. The number of carbonyl (C=O) groups excluding carboxylic acids is 9. The number of piperidine rings is 1. The van der Waals surface area contributed by atoms with Crippen LogP contribution in [-0.2, 0) is 49.6 Å². The van der Waals surface area contributed by atoms with Crippen molar-refractivity contribution in [2.75, 3.05) is 68.5 Å². The molecule has 2 aliphatic rings. The molecule has 380 valence electrons. The maximum Gasteiger partial charge on any atom is 0.248 e. The summed E-state index contributed by atoms with van der Waals surface area (Å²) in [5.41, 5.74) is 0.711. The molecule has 0 aliphatic carbocycles. The van der Waals surface area contributed by atoms with Gasteiger partial charge in [0.05, 0.1) is 19.1 Å². The Balaban J connectivity index is 2.14. The lowest BCUT2D eigenvalue weighted by Gasteiger charge is -2.37. The third-order valence-corrected chi connectivity index (χ3v) is 13.1. The molecule has 3 rings (SSSR count). The van der Waals surface area contributed by atoms with E-state index >= 15 is 0 Å². The Morgan fingerprint density at radius 1 is 0.618 bits per heavy atom. The lowest BCUT2D eigenvalue weighted by molar-refractivity contribution is -0.151. The van der Waals surface area contributed by atoms with Crippen LogP contribution in [0.3, 0.4) is 0 Å². The maximum absolute atomic E-state index is 14.8. The molecule has 9 amide bonds. The summed E-state index contributed by atoms with van der Waals surface area (Å²) in [6.07, 6.45) is 1.20. The average molecular weight is 954 g/mol. The number of nitrogens with zero attached hydrogens (tertiary/aromatic N) is 7. The van der Waals surface area contributed by atoms with Crippen LogP contribution in [0.2, 0.25) is 0 Å². The fraction of sp³-hybridized carbons (Fsp3) is 0.694. The second kappa shape index (κ2) is 26.2. The van der Waals surface area contributed by atoms with E-state index in [4.69, 9.17) is 0 Å². The summed E-state index contributed by atoms with van der Waals surface area (Å²) in [6, 6.07) is 1.76. The van der Waals surface area contributed by atoms with Gasteiger partial charge in [-0.05, 0) is 69.8 Å². The molecule has 19 heteroatoms. The number of aliphatic hydroxyl groups excluding tert-OH is 1. The molecule has 1 aromatic rings. The second-order valence-corrected chi connectivity index (χ2v) is 19.6. The van der Waals surface area contributed by atoms with E-state index in [1.807, 2.05) is 33.8 Å². The van der Waals surface area contributed by atoms with Crippen molar-refractivity contribution in [1.29, 1.82) is 0 Å². The summed E-state index contributed by atoms with van der Waals surface area (Å²) in [4.78, 5) is 136. The molecule has 0 unspecified atom stereocenters. The van der Waals surface area contributed by atoms with Crippen LogP contribution in [0.4, 0.5) is 0 Å². The zero-order valence-corrected chi connectivity index (χ0v) is 42.5. The molecule has 0 saturated carbocycles. The van der Waals surface area contributed by atoms with Gasteiger partial charge in [-0.2, -0.15) is 0 Å². The minimum Gasteiger partial charge on any atom is -0.391 e. The highest BCUT2D eigenvalue weighted by molar-refractivity contribution is 5.98. The van der Waals surface area contributed by atoms with E-state index in [1.54, 1.807) is 36.2 Å². The van der Waals surface area contributed by atoms with E-state index < -0.39 is 102 Å². The van der Waals surface area contributed by atoms with Gasteiger partial charge in [0.15, 0.2) is 0 Å². The van der Waals surface area contributed by atoms with Gasteiger partial charge < -0.3 is 50.0 Å². The molecular formula is C49H79N9O10. The molecule has 2 saturated heterocycles. The van der Waals surface area contributed by atoms with Crippen LogP contribution < -0.4 is 10.6 Å². The molecule has 0 aromatic heterocycles. The quantitative estimate of drug-likeness (QED) is 0.337. The van der Waals surface area contributed by atoms with Gasteiger partial charge in [-0.25, -0.2) is 0 Å². The van der Waals surface area contributed by atoms with Crippen LogP contribution in [0.25, 0.3) is 0 Å². The molecule has 2 fully saturated rings. The first-order chi connectivity index (χ1) is 31.9. The van der Waals surface area contributed by atoms with Gasteiger partial charge >= 0.3 is 0 Å². The largest absolute Gasteiger partial charge is 0.391 e. The lowest BCUT2D eigenvalue weighted by atomic mass is 9.98. The van der Waals surface area contributed by atoms with E-state index in [0.29, 0.717) is 18.7 Å². The van der Waals surface area contributed by atoms with E-state index in [-0.39, 0.29) is 56.9 Å². The number of likely N-dealkylation sites (N-methyl/N-ethyl adjacent to an activating group) is 5. The third kappa shape index (κ3) is 15.7. The smallest absolute Gasteiger partial charge is 0.248 e. The van der Waals surface area contributed by atoms with Crippen molar-refractivity contribution in [3.8, 4) is 0 Å². The Morgan fingerprint density at radius 3 is 1.75 bits per heavy atom. The summed E-state index contributed by atoms with van der Waals surface area (Å²) in [5.74, 6) is -5.47. The minimum absolute atomic E-state index is 0.0314. The predicted molar refractivity (Wildman–Crippen MR) is 256 cm³/mol. The van der Waals surface area contributed by atoms with Gasteiger partial charge in [0.25, 0.3) is 0 Å². The molecule has 19 nitrogen and oxygen atoms in total.